The van der Waals surface area contributed by atoms with Gasteiger partial charge < -0.3 is 10.4 Å². The van der Waals surface area contributed by atoms with Gasteiger partial charge in [0.15, 0.2) is 0 Å². The first-order valence-corrected chi connectivity index (χ1v) is 6.39. The molecule has 0 fully saturated rings. The van der Waals surface area contributed by atoms with E-state index in [2.05, 4.69) is 20.5 Å². The van der Waals surface area contributed by atoms with Crippen LogP contribution in [0.4, 0.5) is 0 Å². The van der Waals surface area contributed by atoms with Crippen LogP contribution in [0, 0.1) is 5.92 Å². The summed E-state index contributed by atoms with van der Waals surface area (Å²) in [4.78, 5) is 26.9. The van der Waals surface area contributed by atoms with Gasteiger partial charge in [-0.25, -0.2) is 9.78 Å². The Balaban J connectivity index is 2.67. The summed E-state index contributed by atoms with van der Waals surface area (Å²) in [5, 5.41) is 17.9. The molecule has 0 saturated heterocycles. The van der Waals surface area contributed by atoms with E-state index in [1.807, 2.05) is 20.8 Å². The van der Waals surface area contributed by atoms with Crippen LogP contribution in [0.2, 0.25) is 0 Å². The minimum atomic E-state index is -1.05. The van der Waals surface area contributed by atoms with E-state index in [9.17, 15) is 9.59 Å². The van der Waals surface area contributed by atoms with E-state index in [4.69, 9.17) is 5.11 Å². The van der Waals surface area contributed by atoms with Crippen LogP contribution < -0.4 is 5.32 Å². The Morgan fingerprint density at radius 1 is 1.42 bits per heavy atom. The van der Waals surface area contributed by atoms with Crippen molar-refractivity contribution in [2.24, 2.45) is 5.92 Å². The number of aromatic nitrogens is 3. The van der Waals surface area contributed by atoms with Crippen molar-refractivity contribution in [3.05, 3.63) is 11.6 Å². The van der Waals surface area contributed by atoms with Crippen LogP contribution in [0.25, 0.3) is 0 Å². The molecule has 3 N–H and O–H groups in total. The fourth-order valence-corrected chi connectivity index (χ4v) is 1.66. The van der Waals surface area contributed by atoms with Gasteiger partial charge in [0, 0.05) is 6.42 Å². The maximum Gasteiger partial charge on any atom is 0.326 e. The highest BCUT2D eigenvalue weighted by molar-refractivity contribution is 5.93. The zero-order valence-corrected chi connectivity index (χ0v) is 11.4. The van der Waals surface area contributed by atoms with Crippen molar-refractivity contribution in [2.75, 3.05) is 0 Å². The van der Waals surface area contributed by atoms with Crippen molar-refractivity contribution in [3.8, 4) is 0 Å². The summed E-state index contributed by atoms with van der Waals surface area (Å²) in [6, 6.07) is -0.916. The van der Waals surface area contributed by atoms with Crippen molar-refractivity contribution in [2.45, 2.75) is 46.1 Å². The van der Waals surface area contributed by atoms with Crippen LogP contribution in [0.5, 0.6) is 0 Å². The number of nitrogens with zero attached hydrogens (tertiary/aromatic N) is 2. The fourth-order valence-electron chi connectivity index (χ4n) is 1.66. The topological polar surface area (TPSA) is 108 Å². The normalized spacial score (nSPS) is 12.4. The highest BCUT2D eigenvalue weighted by atomic mass is 16.4. The molecule has 0 aliphatic rings. The number of carboxylic acids is 1. The van der Waals surface area contributed by atoms with Crippen LogP contribution in [0.1, 0.15) is 50.1 Å². The van der Waals surface area contributed by atoms with Gasteiger partial charge in [-0.15, -0.1) is 5.10 Å². The first-order valence-electron chi connectivity index (χ1n) is 6.39. The molecule has 0 saturated carbocycles. The van der Waals surface area contributed by atoms with E-state index in [1.54, 1.807) is 0 Å². The number of nitrogens with one attached hydrogen (secondary N) is 2. The highest BCUT2D eigenvalue weighted by Crippen LogP contribution is 2.06. The van der Waals surface area contributed by atoms with Crippen molar-refractivity contribution >= 4 is 11.9 Å². The number of aromatic amines is 1. The third kappa shape index (κ3) is 4.69. The Labute approximate surface area is 111 Å². The minimum Gasteiger partial charge on any atom is -0.480 e. The smallest absolute Gasteiger partial charge is 0.326 e. The number of aliphatic carboxylic acids is 1. The third-order valence-electron chi connectivity index (χ3n) is 2.53. The second-order valence-corrected chi connectivity index (χ2v) is 4.85. The van der Waals surface area contributed by atoms with E-state index in [1.165, 1.54) is 0 Å². The molecule has 0 spiro atoms. The molecule has 0 aliphatic heterocycles. The van der Waals surface area contributed by atoms with Crippen LogP contribution in [0.15, 0.2) is 0 Å². The second-order valence-electron chi connectivity index (χ2n) is 4.85. The Kier molecular flexibility index (Phi) is 5.47. The van der Waals surface area contributed by atoms with E-state index in [0.29, 0.717) is 18.7 Å². The predicted octanol–water partition coefficient (Wildman–Crippen LogP) is 0.986. The van der Waals surface area contributed by atoms with Crippen molar-refractivity contribution in [1.29, 1.82) is 0 Å². The Morgan fingerprint density at radius 3 is 2.63 bits per heavy atom. The van der Waals surface area contributed by atoms with Crippen molar-refractivity contribution in [3.63, 3.8) is 0 Å². The van der Waals surface area contributed by atoms with Gasteiger partial charge in [0.2, 0.25) is 5.82 Å². The number of carboxylic acid groups (broad SMARTS) is 1. The molecular formula is C12H20N4O3. The first kappa shape index (κ1) is 15.1. The van der Waals surface area contributed by atoms with E-state index >= 15 is 0 Å². The number of amides is 1. The number of carbonyl (C=O) groups is 2. The van der Waals surface area contributed by atoms with E-state index in [0.717, 1.165) is 6.42 Å². The summed E-state index contributed by atoms with van der Waals surface area (Å²) in [5.41, 5.74) is 0. The second kappa shape index (κ2) is 6.86. The number of H-pyrrole nitrogens is 1. The molecular weight excluding hydrogens is 248 g/mol. The van der Waals surface area contributed by atoms with Crippen LogP contribution in [-0.2, 0) is 11.2 Å². The summed E-state index contributed by atoms with van der Waals surface area (Å²) in [5.74, 6) is -0.830. The molecule has 19 heavy (non-hydrogen) atoms. The molecule has 0 unspecified atom stereocenters. The zero-order chi connectivity index (χ0) is 14.4. The van der Waals surface area contributed by atoms with Crippen molar-refractivity contribution in [1.82, 2.24) is 20.5 Å². The Bertz CT molecular complexity index is 442. The van der Waals surface area contributed by atoms with E-state index < -0.39 is 17.9 Å². The SMILES string of the molecule is CCCc1nc(C(=O)N[C@@H](CC(C)C)C(=O)O)n[nH]1. The fraction of sp³-hybridized carbons (Fsp3) is 0.667. The standard InChI is InChI=1S/C12H20N4O3/c1-4-5-9-14-10(16-15-9)11(17)13-8(12(18)19)6-7(2)3/h7-8H,4-6H2,1-3H3,(H,13,17)(H,18,19)(H,14,15,16)/t8-/m0/s1. The monoisotopic (exact) mass is 268 g/mol. The molecule has 1 aromatic rings. The molecule has 1 rings (SSSR count). The lowest BCUT2D eigenvalue weighted by Crippen LogP contribution is -2.42. The van der Waals surface area contributed by atoms with Crippen LogP contribution in [-0.4, -0.2) is 38.2 Å². The molecule has 7 heteroatoms. The molecule has 1 heterocycles. The third-order valence-corrected chi connectivity index (χ3v) is 2.53. The lowest BCUT2D eigenvalue weighted by atomic mass is 10.0. The summed E-state index contributed by atoms with van der Waals surface area (Å²) >= 11 is 0. The molecule has 0 bridgehead atoms. The van der Waals surface area contributed by atoms with Gasteiger partial charge >= 0.3 is 5.97 Å². The summed E-state index contributed by atoms with van der Waals surface area (Å²) < 4.78 is 0. The minimum absolute atomic E-state index is 0.0153. The lowest BCUT2D eigenvalue weighted by molar-refractivity contribution is -0.139. The molecule has 1 atom stereocenters. The maximum atomic E-state index is 11.8. The number of aryl methyl sites for hydroxylation is 1. The van der Waals surface area contributed by atoms with Crippen LogP contribution >= 0.6 is 0 Å². The molecule has 7 nitrogen and oxygen atoms in total. The van der Waals surface area contributed by atoms with E-state index in [-0.39, 0.29) is 11.7 Å². The maximum absolute atomic E-state index is 11.8. The Hall–Kier alpha value is -1.92. The molecule has 0 aliphatic carbocycles. The number of hydrogen-bond acceptors (Lipinski definition) is 4. The summed E-state index contributed by atoms with van der Waals surface area (Å²) in [6.07, 6.45) is 1.96. The molecule has 0 radical (unpaired) electrons. The van der Waals surface area contributed by atoms with Gasteiger partial charge in [0.25, 0.3) is 5.91 Å². The largest absolute Gasteiger partial charge is 0.480 e. The number of rotatable bonds is 7. The van der Waals surface area contributed by atoms with Gasteiger partial charge in [-0.1, -0.05) is 20.8 Å². The van der Waals surface area contributed by atoms with Crippen LogP contribution in [0.3, 0.4) is 0 Å². The lowest BCUT2D eigenvalue weighted by Gasteiger charge is -2.15. The number of carbonyl (C=O) groups excluding carboxylic acids is 1. The van der Waals surface area contributed by atoms with Gasteiger partial charge in [-0.2, -0.15) is 0 Å². The van der Waals surface area contributed by atoms with Gasteiger partial charge in [0.05, 0.1) is 0 Å². The molecule has 0 aromatic carbocycles. The summed E-state index contributed by atoms with van der Waals surface area (Å²) in [6.45, 7) is 5.79. The predicted molar refractivity (Wildman–Crippen MR) is 68.7 cm³/mol. The van der Waals surface area contributed by atoms with Crippen molar-refractivity contribution < 1.29 is 14.7 Å². The van der Waals surface area contributed by atoms with Gasteiger partial charge in [0.1, 0.15) is 11.9 Å². The quantitative estimate of drug-likeness (QED) is 0.683. The number of hydrogen-bond donors (Lipinski definition) is 3. The zero-order valence-electron chi connectivity index (χ0n) is 11.4. The summed E-state index contributed by atoms with van der Waals surface area (Å²) in [7, 11) is 0. The average Bonchev–Trinajstić information content (AvgIpc) is 2.76. The van der Waals surface area contributed by atoms with Gasteiger partial charge in [-0.3, -0.25) is 9.89 Å². The molecule has 106 valence electrons. The average molecular weight is 268 g/mol. The van der Waals surface area contributed by atoms with Gasteiger partial charge in [-0.05, 0) is 18.8 Å². The molecule has 1 amide bonds. The Morgan fingerprint density at radius 2 is 2.11 bits per heavy atom. The first-order chi connectivity index (χ1) is 8.93. The molecule has 1 aromatic heterocycles. The highest BCUT2D eigenvalue weighted by Gasteiger charge is 2.23.